The van der Waals surface area contributed by atoms with Crippen LogP contribution in [0.4, 0.5) is 11.8 Å². The Balaban J connectivity index is 2.31. The molecule has 0 atom stereocenters. The number of sulfonamides is 1. The van der Waals surface area contributed by atoms with Crippen LogP contribution in [0, 0.1) is 6.92 Å². The molecule has 90 valence electrons. The largest absolute Gasteiger partial charge is 0.431 e. The molecular formula is C9H10N4O3S. The van der Waals surface area contributed by atoms with Gasteiger partial charge in [0.05, 0.1) is 10.6 Å². The SMILES string of the molecule is Cc1coc(NS(=O)(=O)c2ccnc(N)c2)n1. The monoisotopic (exact) mass is 254 g/mol. The highest BCUT2D eigenvalue weighted by molar-refractivity contribution is 7.92. The molecule has 2 rings (SSSR count). The van der Waals surface area contributed by atoms with Gasteiger partial charge in [0.15, 0.2) is 0 Å². The molecule has 2 heterocycles. The summed E-state index contributed by atoms with van der Waals surface area (Å²) in [6.45, 7) is 1.69. The average Bonchev–Trinajstić information content (AvgIpc) is 2.63. The van der Waals surface area contributed by atoms with Gasteiger partial charge in [-0.3, -0.25) is 0 Å². The molecule has 2 aromatic rings. The molecule has 0 spiro atoms. The fourth-order valence-electron chi connectivity index (χ4n) is 1.17. The number of pyridine rings is 1. The van der Waals surface area contributed by atoms with E-state index in [1.54, 1.807) is 6.92 Å². The predicted octanol–water partition coefficient (Wildman–Crippen LogP) is 0.761. The van der Waals surface area contributed by atoms with Crippen molar-refractivity contribution in [2.24, 2.45) is 0 Å². The van der Waals surface area contributed by atoms with Crippen molar-refractivity contribution in [3.8, 4) is 0 Å². The fraction of sp³-hybridized carbons (Fsp3) is 0.111. The second kappa shape index (κ2) is 4.06. The molecule has 7 nitrogen and oxygen atoms in total. The maximum atomic E-state index is 11.9. The summed E-state index contributed by atoms with van der Waals surface area (Å²) < 4.78 is 30.8. The second-order valence-electron chi connectivity index (χ2n) is 3.32. The number of nitrogen functional groups attached to an aromatic ring is 1. The van der Waals surface area contributed by atoms with E-state index in [2.05, 4.69) is 14.7 Å². The molecule has 0 unspecified atom stereocenters. The van der Waals surface area contributed by atoms with Crippen molar-refractivity contribution in [3.05, 3.63) is 30.3 Å². The van der Waals surface area contributed by atoms with Gasteiger partial charge in [-0.2, -0.15) is 4.98 Å². The van der Waals surface area contributed by atoms with E-state index in [1.165, 1.54) is 24.6 Å². The molecule has 0 aliphatic heterocycles. The van der Waals surface area contributed by atoms with E-state index in [0.717, 1.165) is 0 Å². The molecule has 0 aliphatic carbocycles. The molecule has 0 saturated heterocycles. The first-order valence-electron chi connectivity index (χ1n) is 4.64. The summed E-state index contributed by atoms with van der Waals surface area (Å²) in [7, 11) is -3.75. The van der Waals surface area contributed by atoms with E-state index >= 15 is 0 Å². The van der Waals surface area contributed by atoms with Gasteiger partial charge in [0, 0.05) is 12.3 Å². The molecule has 17 heavy (non-hydrogen) atoms. The zero-order valence-electron chi connectivity index (χ0n) is 8.91. The van der Waals surface area contributed by atoms with Crippen molar-refractivity contribution >= 4 is 21.9 Å². The third-order valence-corrected chi connectivity index (χ3v) is 3.22. The van der Waals surface area contributed by atoms with Crippen molar-refractivity contribution in [1.29, 1.82) is 0 Å². The van der Waals surface area contributed by atoms with Crippen LogP contribution in [-0.4, -0.2) is 18.4 Å². The van der Waals surface area contributed by atoms with E-state index < -0.39 is 10.0 Å². The van der Waals surface area contributed by atoms with Crippen molar-refractivity contribution < 1.29 is 12.8 Å². The third kappa shape index (κ3) is 2.53. The molecule has 3 N–H and O–H groups in total. The topological polar surface area (TPSA) is 111 Å². The maximum Gasteiger partial charge on any atom is 0.309 e. The summed E-state index contributed by atoms with van der Waals surface area (Å²) in [6.07, 6.45) is 2.66. The molecule has 0 radical (unpaired) electrons. The normalized spacial score (nSPS) is 11.4. The molecule has 0 bridgehead atoms. The Labute approximate surface area is 97.7 Å². The van der Waals surface area contributed by atoms with Crippen LogP contribution in [0.25, 0.3) is 0 Å². The Morgan fingerprint density at radius 3 is 2.82 bits per heavy atom. The number of oxazole rings is 1. The van der Waals surface area contributed by atoms with Gasteiger partial charge in [-0.25, -0.2) is 18.1 Å². The molecule has 8 heteroatoms. The first-order valence-corrected chi connectivity index (χ1v) is 6.12. The minimum absolute atomic E-state index is 0.000790. The summed E-state index contributed by atoms with van der Waals surface area (Å²) >= 11 is 0. The summed E-state index contributed by atoms with van der Waals surface area (Å²) in [5.74, 6) is 0.122. The molecule has 0 aliphatic rings. The smallest absolute Gasteiger partial charge is 0.309 e. The molecular weight excluding hydrogens is 244 g/mol. The molecule has 0 amide bonds. The van der Waals surface area contributed by atoms with Gasteiger partial charge in [0.25, 0.3) is 10.0 Å². The van der Waals surface area contributed by atoms with Crippen LogP contribution >= 0.6 is 0 Å². The Kier molecular flexibility index (Phi) is 2.72. The molecule has 0 aromatic carbocycles. The molecule has 2 aromatic heterocycles. The lowest BCUT2D eigenvalue weighted by atomic mass is 10.5. The number of rotatable bonds is 3. The second-order valence-corrected chi connectivity index (χ2v) is 5.00. The van der Waals surface area contributed by atoms with Crippen LogP contribution in [0.2, 0.25) is 0 Å². The lowest BCUT2D eigenvalue weighted by molar-refractivity contribution is 0.569. The first kappa shape index (κ1) is 11.4. The Hall–Kier alpha value is -2.09. The van der Waals surface area contributed by atoms with E-state index in [9.17, 15) is 8.42 Å². The van der Waals surface area contributed by atoms with Gasteiger partial charge >= 0.3 is 6.01 Å². The highest BCUT2D eigenvalue weighted by atomic mass is 32.2. The van der Waals surface area contributed by atoms with Crippen molar-refractivity contribution in [3.63, 3.8) is 0 Å². The van der Waals surface area contributed by atoms with Crippen molar-refractivity contribution in [2.45, 2.75) is 11.8 Å². The van der Waals surface area contributed by atoms with Gasteiger partial charge in [-0.15, -0.1) is 0 Å². The van der Waals surface area contributed by atoms with Crippen molar-refractivity contribution in [1.82, 2.24) is 9.97 Å². The van der Waals surface area contributed by atoms with E-state index in [4.69, 9.17) is 10.2 Å². The summed E-state index contributed by atoms with van der Waals surface area (Å²) in [4.78, 5) is 7.55. The lowest BCUT2D eigenvalue weighted by Gasteiger charge is -2.04. The quantitative estimate of drug-likeness (QED) is 0.836. The first-order chi connectivity index (χ1) is 7.97. The average molecular weight is 254 g/mol. The lowest BCUT2D eigenvalue weighted by Crippen LogP contribution is -2.13. The minimum atomic E-state index is -3.75. The predicted molar refractivity (Wildman–Crippen MR) is 60.7 cm³/mol. The van der Waals surface area contributed by atoms with Crippen molar-refractivity contribution in [2.75, 3.05) is 10.5 Å². The number of nitrogens with zero attached hydrogens (tertiary/aromatic N) is 2. The van der Waals surface area contributed by atoms with Crippen LogP contribution in [0.15, 0.2) is 33.9 Å². The number of hydrogen-bond acceptors (Lipinski definition) is 6. The van der Waals surface area contributed by atoms with Crippen LogP contribution in [-0.2, 0) is 10.0 Å². The van der Waals surface area contributed by atoms with Gasteiger partial charge in [0.2, 0.25) is 0 Å². The van der Waals surface area contributed by atoms with Gasteiger partial charge in [0.1, 0.15) is 12.1 Å². The van der Waals surface area contributed by atoms with Gasteiger partial charge in [-0.05, 0) is 13.0 Å². The number of nitrogens with two attached hydrogens (primary N) is 1. The third-order valence-electron chi connectivity index (χ3n) is 1.90. The summed E-state index contributed by atoms with van der Waals surface area (Å²) in [5, 5.41) is 0. The van der Waals surface area contributed by atoms with E-state index in [0.29, 0.717) is 5.69 Å². The maximum absolute atomic E-state index is 11.9. The summed E-state index contributed by atoms with van der Waals surface area (Å²) in [6, 6.07) is 2.49. The number of aryl methyl sites for hydroxylation is 1. The molecule has 0 saturated carbocycles. The number of aromatic nitrogens is 2. The number of hydrogen-bond donors (Lipinski definition) is 2. The zero-order valence-corrected chi connectivity index (χ0v) is 9.73. The fourth-order valence-corrected chi connectivity index (χ4v) is 2.13. The van der Waals surface area contributed by atoms with Crippen LogP contribution in [0.3, 0.4) is 0 Å². The van der Waals surface area contributed by atoms with Crippen LogP contribution in [0.5, 0.6) is 0 Å². The number of anilines is 2. The molecule has 0 fully saturated rings. The number of nitrogens with one attached hydrogen (secondary N) is 1. The Morgan fingerprint density at radius 1 is 1.47 bits per heavy atom. The summed E-state index contributed by atoms with van der Waals surface area (Å²) in [5.41, 5.74) is 5.99. The highest BCUT2D eigenvalue weighted by Crippen LogP contribution is 2.16. The van der Waals surface area contributed by atoms with E-state index in [-0.39, 0.29) is 16.7 Å². The Bertz CT molecular complexity index is 635. The highest BCUT2D eigenvalue weighted by Gasteiger charge is 2.17. The van der Waals surface area contributed by atoms with Crippen LogP contribution < -0.4 is 10.5 Å². The van der Waals surface area contributed by atoms with E-state index in [1.807, 2.05) is 0 Å². The van der Waals surface area contributed by atoms with Gasteiger partial charge in [-0.1, -0.05) is 0 Å². The zero-order chi connectivity index (χ0) is 12.5. The van der Waals surface area contributed by atoms with Gasteiger partial charge < -0.3 is 10.2 Å². The standard InChI is InChI=1S/C9H10N4O3S/c1-6-5-16-9(12-6)13-17(14,15)7-2-3-11-8(10)4-7/h2-5H,1H3,(H2,10,11)(H,12,13). The Morgan fingerprint density at radius 2 is 2.24 bits per heavy atom. The minimum Gasteiger partial charge on any atom is -0.431 e. The van der Waals surface area contributed by atoms with Crippen LogP contribution in [0.1, 0.15) is 5.69 Å².